The van der Waals surface area contributed by atoms with Crippen LogP contribution < -0.4 is 11.1 Å². The van der Waals surface area contributed by atoms with E-state index in [9.17, 15) is 18.4 Å². The molecule has 32 heavy (non-hydrogen) atoms. The van der Waals surface area contributed by atoms with Gasteiger partial charge in [0.25, 0.3) is 5.91 Å². The average Bonchev–Trinajstić information content (AvgIpc) is 3.14. The maximum absolute atomic E-state index is 13.8. The van der Waals surface area contributed by atoms with Gasteiger partial charge in [-0.25, -0.2) is 13.6 Å². The van der Waals surface area contributed by atoms with Crippen LogP contribution in [0.3, 0.4) is 0 Å². The molecular formula is C21H15ClF2N6O2. The number of amides is 3. The quantitative estimate of drug-likeness (QED) is 0.627. The number of hydrogen-bond acceptors (Lipinski definition) is 4. The van der Waals surface area contributed by atoms with Crippen LogP contribution in [0.2, 0.25) is 5.02 Å². The maximum Gasteiger partial charge on any atom is 0.322 e. The zero-order valence-electron chi connectivity index (χ0n) is 16.4. The molecule has 0 atom stereocenters. The minimum absolute atomic E-state index is 0.0186. The number of halogens is 3. The average molecular weight is 457 g/mol. The Morgan fingerprint density at radius 2 is 1.94 bits per heavy atom. The van der Waals surface area contributed by atoms with E-state index in [0.717, 1.165) is 12.1 Å². The molecule has 0 aliphatic carbocycles. The SMILES string of the molecule is N#Cc1ccc(NC(=O)N2CCn3nc(-c4ccc(F)c(Cl)c4)c(C(N)=O)c3C2)cc1F. The lowest BCUT2D eigenvalue weighted by Crippen LogP contribution is -2.41. The summed E-state index contributed by atoms with van der Waals surface area (Å²) in [5.41, 5.74) is 6.82. The number of nitriles is 1. The first-order chi connectivity index (χ1) is 15.3. The van der Waals surface area contributed by atoms with Crippen molar-refractivity contribution >= 4 is 29.2 Å². The number of fused-ring (bicyclic) bond motifs is 1. The highest BCUT2D eigenvalue weighted by molar-refractivity contribution is 6.31. The molecule has 0 bridgehead atoms. The summed E-state index contributed by atoms with van der Waals surface area (Å²) in [6.07, 6.45) is 0. The molecule has 2 aromatic carbocycles. The van der Waals surface area contributed by atoms with Crippen LogP contribution in [0, 0.1) is 23.0 Å². The van der Waals surface area contributed by atoms with Crippen molar-refractivity contribution in [1.29, 1.82) is 5.26 Å². The van der Waals surface area contributed by atoms with Gasteiger partial charge in [0, 0.05) is 17.8 Å². The van der Waals surface area contributed by atoms with Gasteiger partial charge in [-0.1, -0.05) is 11.6 Å². The number of carbonyl (C=O) groups is 2. The smallest absolute Gasteiger partial charge is 0.322 e. The highest BCUT2D eigenvalue weighted by Gasteiger charge is 2.30. The van der Waals surface area contributed by atoms with Crippen LogP contribution in [-0.2, 0) is 13.1 Å². The maximum atomic E-state index is 13.8. The van der Waals surface area contributed by atoms with Crippen LogP contribution in [0.15, 0.2) is 36.4 Å². The van der Waals surface area contributed by atoms with E-state index in [2.05, 4.69) is 10.4 Å². The van der Waals surface area contributed by atoms with Crippen LogP contribution in [0.5, 0.6) is 0 Å². The largest absolute Gasteiger partial charge is 0.365 e. The van der Waals surface area contributed by atoms with Crippen LogP contribution in [-0.4, -0.2) is 33.2 Å². The van der Waals surface area contributed by atoms with E-state index >= 15 is 0 Å². The Hall–Kier alpha value is -3.97. The second kappa shape index (κ2) is 8.28. The highest BCUT2D eigenvalue weighted by atomic mass is 35.5. The summed E-state index contributed by atoms with van der Waals surface area (Å²) in [6.45, 7) is 0.561. The molecular weight excluding hydrogens is 442 g/mol. The molecule has 0 spiro atoms. The first kappa shape index (κ1) is 21.3. The number of carbonyl (C=O) groups excluding carboxylic acids is 2. The number of primary amides is 1. The zero-order valence-corrected chi connectivity index (χ0v) is 17.2. The van der Waals surface area contributed by atoms with Gasteiger partial charge >= 0.3 is 6.03 Å². The van der Waals surface area contributed by atoms with E-state index in [1.54, 1.807) is 10.8 Å². The van der Waals surface area contributed by atoms with Crippen molar-refractivity contribution in [3.05, 3.63) is 69.9 Å². The zero-order chi connectivity index (χ0) is 23.0. The standard InChI is InChI=1S/C21H15ClF2N6O2/c22-14-7-11(2-4-15(14)23)19-18(20(26)31)17-10-29(5-6-30(17)28-19)21(32)27-13-3-1-12(9-25)16(24)8-13/h1-4,7-8H,5-6,10H2,(H2,26,31)(H,27,32). The molecule has 0 unspecified atom stereocenters. The summed E-state index contributed by atoms with van der Waals surface area (Å²) in [7, 11) is 0. The van der Waals surface area contributed by atoms with Gasteiger partial charge in [-0.15, -0.1) is 0 Å². The second-order valence-electron chi connectivity index (χ2n) is 7.04. The number of rotatable bonds is 3. The molecule has 1 aliphatic rings. The minimum atomic E-state index is -0.752. The Balaban J connectivity index is 1.61. The molecule has 11 heteroatoms. The topological polar surface area (TPSA) is 117 Å². The first-order valence-electron chi connectivity index (χ1n) is 9.39. The van der Waals surface area contributed by atoms with Gasteiger partial charge in [-0.05, 0) is 36.4 Å². The minimum Gasteiger partial charge on any atom is -0.365 e. The Kier molecular flexibility index (Phi) is 5.50. The van der Waals surface area contributed by atoms with Crippen molar-refractivity contribution in [2.75, 3.05) is 11.9 Å². The number of nitrogens with one attached hydrogen (secondary N) is 1. The molecule has 1 aromatic heterocycles. The van der Waals surface area contributed by atoms with Crippen LogP contribution in [0.1, 0.15) is 21.6 Å². The Bertz CT molecular complexity index is 1300. The molecule has 0 saturated carbocycles. The van der Waals surface area contributed by atoms with E-state index in [-0.39, 0.29) is 47.2 Å². The second-order valence-corrected chi connectivity index (χ2v) is 7.45. The molecule has 1 aliphatic heterocycles. The van der Waals surface area contributed by atoms with Gasteiger partial charge in [0.1, 0.15) is 23.4 Å². The van der Waals surface area contributed by atoms with Crippen molar-refractivity contribution in [2.45, 2.75) is 13.1 Å². The predicted octanol–water partition coefficient (Wildman–Crippen LogP) is 3.50. The highest BCUT2D eigenvalue weighted by Crippen LogP contribution is 2.30. The molecule has 2 heterocycles. The predicted molar refractivity (Wildman–Crippen MR) is 112 cm³/mol. The normalized spacial score (nSPS) is 12.8. The first-order valence-corrected chi connectivity index (χ1v) is 9.76. The summed E-state index contributed by atoms with van der Waals surface area (Å²) in [5.74, 6) is -2.11. The lowest BCUT2D eigenvalue weighted by Gasteiger charge is -2.28. The fraction of sp³-hybridized carbons (Fsp3) is 0.143. The number of nitrogens with two attached hydrogens (primary N) is 1. The van der Waals surface area contributed by atoms with Crippen molar-refractivity contribution < 1.29 is 18.4 Å². The molecule has 0 fully saturated rings. The lowest BCUT2D eigenvalue weighted by molar-refractivity contribution is 0.0997. The Morgan fingerprint density at radius 1 is 1.16 bits per heavy atom. The number of nitrogens with zero attached hydrogens (tertiary/aromatic N) is 4. The molecule has 4 rings (SSSR count). The molecule has 3 N–H and O–H groups in total. The number of benzene rings is 2. The number of hydrogen-bond donors (Lipinski definition) is 2. The van der Waals surface area contributed by atoms with Gasteiger partial charge in [0.05, 0.1) is 34.9 Å². The monoisotopic (exact) mass is 456 g/mol. The molecule has 3 amide bonds. The van der Waals surface area contributed by atoms with E-state index in [1.807, 2.05) is 0 Å². The fourth-order valence-corrected chi connectivity index (χ4v) is 3.66. The van der Waals surface area contributed by atoms with Crippen LogP contribution in [0.4, 0.5) is 19.3 Å². The van der Waals surface area contributed by atoms with Gasteiger partial charge in [-0.2, -0.15) is 10.4 Å². The summed E-state index contributed by atoms with van der Waals surface area (Å²) in [5, 5.41) is 15.7. The van der Waals surface area contributed by atoms with E-state index in [0.29, 0.717) is 11.3 Å². The van der Waals surface area contributed by atoms with E-state index in [4.69, 9.17) is 22.6 Å². The summed E-state index contributed by atoms with van der Waals surface area (Å²) < 4.78 is 28.9. The summed E-state index contributed by atoms with van der Waals surface area (Å²) >= 11 is 5.86. The van der Waals surface area contributed by atoms with E-state index in [1.165, 1.54) is 29.2 Å². The molecule has 3 aromatic rings. The van der Waals surface area contributed by atoms with Gasteiger partial charge in [0.2, 0.25) is 0 Å². The van der Waals surface area contributed by atoms with Gasteiger partial charge in [-0.3, -0.25) is 9.48 Å². The van der Waals surface area contributed by atoms with Crippen molar-refractivity contribution in [3.8, 4) is 17.3 Å². The third-order valence-electron chi connectivity index (χ3n) is 5.05. The molecule has 0 radical (unpaired) electrons. The molecule has 162 valence electrons. The number of urea groups is 1. The van der Waals surface area contributed by atoms with Crippen LogP contribution >= 0.6 is 11.6 Å². The molecule has 0 saturated heterocycles. The third kappa shape index (κ3) is 3.86. The molecule has 8 nitrogen and oxygen atoms in total. The van der Waals surface area contributed by atoms with Crippen molar-refractivity contribution in [1.82, 2.24) is 14.7 Å². The number of anilines is 1. The Labute approximate surface area is 185 Å². The summed E-state index contributed by atoms with van der Waals surface area (Å²) in [6, 6.07) is 8.87. The van der Waals surface area contributed by atoms with Crippen LogP contribution in [0.25, 0.3) is 11.3 Å². The van der Waals surface area contributed by atoms with Crippen molar-refractivity contribution in [2.24, 2.45) is 5.73 Å². The third-order valence-corrected chi connectivity index (χ3v) is 5.34. The van der Waals surface area contributed by atoms with Gasteiger partial charge in [0.15, 0.2) is 0 Å². The summed E-state index contributed by atoms with van der Waals surface area (Å²) in [4.78, 5) is 26.3. The van der Waals surface area contributed by atoms with E-state index < -0.39 is 23.6 Å². The van der Waals surface area contributed by atoms with Crippen molar-refractivity contribution in [3.63, 3.8) is 0 Å². The fourth-order valence-electron chi connectivity index (χ4n) is 3.48. The van der Waals surface area contributed by atoms with Gasteiger partial charge < -0.3 is 16.0 Å². The Morgan fingerprint density at radius 3 is 2.59 bits per heavy atom. The number of aromatic nitrogens is 2. The lowest BCUT2D eigenvalue weighted by atomic mass is 10.0.